The van der Waals surface area contributed by atoms with Crippen molar-refractivity contribution in [3.8, 4) is 0 Å². The van der Waals surface area contributed by atoms with Crippen molar-refractivity contribution in [3.63, 3.8) is 0 Å². The third-order valence-electron chi connectivity index (χ3n) is 0.489. The van der Waals surface area contributed by atoms with Crippen LogP contribution in [0.15, 0.2) is 0 Å². The fraction of sp³-hybridized carbons (Fsp3) is 0.333. The molecular formula is C3H5N2O4S. The van der Waals surface area contributed by atoms with E-state index in [1.54, 1.807) is 0 Å². The van der Waals surface area contributed by atoms with Gasteiger partial charge in [0, 0.05) is 0 Å². The van der Waals surface area contributed by atoms with Gasteiger partial charge >= 0.3 is 0 Å². The number of carbonyl (C=O) groups is 1. The normalized spacial score (nSPS) is 10.5. The lowest BCUT2D eigenvalue weighted by Gasteiger charge is -1.95. The van der Waals surface area contributed by atoms with Gasteiger partial charge in [-0.3, -0.25) is 9.59 Å². The van der Waals surface area contributed by atoms with Crippen molar-refractivity contribution in [2.24, 2.45) is 5.14 Å². The van der Waals surface area contributed by atoms with Gasteiger partial charge in [-0.25, -0.2) is 9.86 Å². The van der Waals surface area contributed by atoms with E-state index >= 15 is 0 Å². The molecule has 0 aromatic heterocycles. The number of nitrogens with one attached hydrogen (secondary N) is 1. The SMILES string of the molecule is NS(=O)(=O)NC(=O)C[C]=O. The van der Waals surface area contributed by atoms with E-state index in [2.05, 4.69) is 5.14 Å². The summed E-state index contributed by atoms with van der Waals surface area (Å²) in [4.78, 5) is 19.7. The Morgan fingerprint density at radius 2 is 2.10 bits per heavy atom. The summed E-state index contributed by atoms with van der Waals surface area (Å²) in [5.74, 6) is -0.988. The molecule has 57 valence electrons. The molecule has 1 radical (unpaired) electrons. The van der Waals surface area contributed by atoms with Gasteiger partial charge in [0.1, 0.15) is 0 Å². The van der Waals surface area contributed by atoms with Crippen molar-refractivity contribution in [2.45, 2.75) is 6.42 Å². The van der Waals surface area contributed by atoms with Crippen molar-refractivity contribution in [1.82, 2.24) is 4.72 Å². The Labute approximate surface area is 57.6 Å². The molecule has 0 spiro atoms. The van der Waals surface area contributed by atoms with Gasteiger partial charge in [0.25, 0.3) is 10.2 Å². The van der Waals surface area contributed by atoms with Gasteiger partial charge < -0.3 is 0 Å². The summed E-state index contributed by atoms with van der Waals surface area (Å²) < 4.78 is 21.4. The molecule has 0 heterocycles. The van der Waals surface area contributed by atoms with Gasteiger partial charge in [0.2, 0.25) is 12.2 Å². The number of nitrogens with two attached hydrogens (primary N) is 1. The predicted octanol–water partition coefficient (Wildman–Crippen LogP) is -2.19. The third kappa shape index (κ3) is 5.19. The topological polar surface area (TPSA) is 106 Å². The first-order valence-electron chi connectivity index (χ1n) is 2.14. The molecule has 0 fully saturated rings. The van der Waals surface area contributed by atoms with Crippen LogP contribution in [0.4, 0.5) is 0 Å². The van der Waals surface area contributed by atoms with Crippen LogP contribution in [0.1, 0.15) is 6.42 Å². The molecule has 0 aliphatic rings. The largest absolute Gasteiger partial charge is 0.298 e. The van der Waals surface area contributed by atoms with E-state index in [0.717, 1.165) is 0 Å². The number of rotatable bonds is 3. The lowest BCUT2D eigenvalue weighted by molar-refractivity contribution is -0.118. The lowest BCUT2D eigenvalue weighted by atomic mass is 10.5. The zero-order valence-electron chi connectivity index (χ0n) is 4.83. The highest BCUT2D eigenvalue weighted by Gasteiger charge is 2.06. The minimum Gasteiger partial charge on any atom is -0.290 e. The Hall–Kier alpha value is -0.950. The third-order valence-corrected chi connectivity index (χ3v) is 1.00. The van der Waals surface area contributed by atoms with Crippen molar-refractivity contribution in [1.29, 1.82) is 0 Å². The molecule has 0 aliphatic carbocycles. The Morgan fingerprint density at radius 1 is 1.60 bits per heavy atom. The van der Waals surface area contributed by atoms with Crippen molar-refractivity contribution >= 4 is 22.4 Å². The van der Waals surface area contributed by atoms with Crippen LogP contribution in [0.3, 0.4) is 0 Å². The summed E-state index contributed by atoms with van der Waals surface area (Å²) in [5, 5.41) is 4.38. The number of hydrogen-bond acceptors (Lipinski definition) is 4. The zero-order chi connectivity index (χ0) is 8.20. The van der Waals surface area contributed by atoms with Crippen LogP contribution in [-0.2, 0) is 19.8 Å². The Bertz CT molecular complexity index is 231. The molecule has 0 saturated carbocycles. The summed E-state index contributed by atoms with van der Waals surface area (Å²) in [7, 11) is -4.02. The minimum absolute atomic E-state index is 0.629. The summed E-state index contributed by atoms with van der Waals surface area (Å²) in [6, 6.07) is 0. The highest BCUT2D eigenvalue weighted by atomic mass is 32.2. The second-order valence-electron chi connectivity index (χ2n) is 1.39. The van der Waals surface area contributed by atoms with Crippen LogP contribution in [-0.4, -0.2) is 20.6 Å². The fourth-order valence-electron chi connectivity index (χ4n) is 0.260. The molecule has 0 saturated heterocycles. The average molecular weight is 165 g/mol. The summed E-state index contributed by atoms with van der Waals surface area (Å²) in [6.07, 6.45) is 0.579. The predicted molar refractivity (Wildman–Crippen MR) is 31.6 cm³/mol. The molecule has 0 aliphatic heterocycles. The molecule has 0 atom stereocenters. The summed E-state index contributed by atoms with van der Waals surface area (Å²) >= 11 is 0. The van der Waals surface area contributed by atoms with Crippen molar-refractivity contribution in [2.75, 3.05) is 0 Å². The number of hydrogen-bond donors (Lipinski definition) is 2. The second kappa shape index (κ2) is 3.28. The molecule has 6 nitrogen and oxygen atoms in total. The number of amides is 1. The van der Waals surface area contributed by atoms with E-state index in [-0.39, 0.29) is 0 Å². The van der Waals surface area contributed by atoms with Crippen LogP contribution < -0.4 is 9.86 Å². The van der Waals surface area contributed by atoms with Crippen LogP contribution in [0.5, 0.6) is 0 Å². The summed E-state index contributed by atoms with van der Waals surface area (Å²) in [5.41, 5.74) is 0. The van der Waals surface area contributed by atoms with E-state index in [0.29, 0.717) is 0 Å². The van der Waals surface area contributed by atoms with E-state index in [1.165, 1.54) is 11.0 Å². The first-order valence-corrected chi connectivity index (χ1v) is 3.68. The Kier molecular flexibility index (Phi) is 2.97. The Balaban J connectivity index is 3.93. The molecule has 0 bridgehead atoms. The van der Waals surface area contributed by atoms with Crippen molar-refractivity contribution < 1.29 is 18.0 Å². The molecule has 0 aromatic carbocycles. The van der Waals surface area contributed by atoms with Gasteiger partial charge in [-0.1, -0.05) is 0 Å². The monoisotopic (exact) mass is 165 g/mol. The first-order chi connectivity index (χ1) is 4.45. The van der Waals surface area contributed by atoms with Gasteiger partial charge in [-0.05, 0) is 0 Å². The van der Waals surface area contributed by atoms with Gasteiger partial charge in [-0.2, -0.15) is 8.42 Å². The van der Waals surface area contributed by atoms with Gasteiger partial charge in [-0.15, -0.1) is 0 Å². The smallest absolute Gasteiger partial charge is 0.290 e. The lowest BCUT2D eigenvalue weighted by Crippen LogP contribution is -2.35. The molecule has 10 heavy (non-hydrogen) atoms. The molecular weight excluding hydrogens is 160 g/mol. The van der Waals surface area contributed by atoms with Crippen LogP contribution in [0.25, 0.3) is 0 Å². The highest BCUT2D eigenvalue weighted by Crippen LogP contribution is 1.74. The van der Waals surface area contributed by atoms with E-state index in [9.17, 15) is 18.0 Å². The van der Waals surface area contributed by atoms with E-state index in [1.807, 2.05) is 0 Å². The maximum absolute atomic E-state index is 10.2. The fourth-order valence-corrected chi connectivity index (χ4v) is 0.650. The van der Waals surface area contributed by atoms with E-state index in [4.69, 9.17) is 0 Å². The molecule has 1 amide bonds. The quantitative estimate of drug-likeness (QED) is 0.463. The van der Waals surface area contributed by atoms with Crippen LogP contribution in [0.2, 0.25) is 0 Å². The minimum atomic E-state index is -4.02. The second-order valence-corrected chi connectivity index (χ2v) is 2.69. The maximum atomic E-state index is 10.2. The molecule has 0 unspecified atom stereocenters. The molecule has 3 N–H and O–H groups in total. The van der Waals surface area contributed by atoms with Gasteiger partial charge in [0.15, 0.2) is 0 Å². The average Bonchev–Trinajstić information content (AvgIpc) is 1.59. The summed E-state index contributed by atoms with van der Waals surface area (Å²) in [6.45, 7) is 0. The Morgan fingerprint density at radius 3 is 2.40 bits per heavy atom. The first kappa shape index (κ1) is 9.05. The van der Waals surface area contributed by atoms with E-state index < -0.39 is 22.5 Å². The van der Waals surface area contributed by atoms with Crippen LogP contribution >= 0.6 is 0 Å². The molecule has 0 rings (SSSR count). The highest BCUT2D eigenvalue weighted by molar-refractivity contribution is 7.87. The molecule has 0 aromatic rings. The van der Waals surface area contributed by atoms with Crippen molar-refractivity contribution in [3.05, 3.63) is 0 Å². The maximum Gasteiger partial charge on any atom is 0.298 e. The van der Waals surface area contributed by atoms with Gasteiger partial charge in [0.05, 0.1) is 6.42 Å². The van der Waals surface area contributed by atoms with Crippen LogP contribution in [0, 0.1) is 0 Å². The molecule has 7 heteroatoms. The number of carbonyl (C=O) groups excluding carboxylic acids is 2. The standard InChI is InChI=1S/C3H5N2O4S/c4-10(8,9)5-3(7)1-2-6/h1H2,(H,5,7)(H2,4,8,9). The zero-order valence-corrected chi connectivity index (χ0v) is 5.64.